The number of nitrogens with two attached hydrogens (primary N) is 1. The van der Waals surface area contributed by atoms with Crippen molar-refractivity contribution in [3.05, 3.63) is 24.3 Å². The zero-order valence-corrected chi connectivity index (χ0v) is 14.7. The third-order valence-electron chi connectivity index (χ3n) is 3.55. The summed E-state index contributed by atoms with van der Waals surface area (Å²) in [5, 5.41) is 0. The summed E-state index contributed by atoms with van der Waals surface area (Å²) in [7, 11) is 1.68. The Morgan fingerprint density at radius 2 is 1.82 bits per heavy atom. The second-order valence-corrected chi connectivity index (χ2v) is 5.22. The van der Waals surface area contributed by atoms with Gasteiger partial charge in [0.05, 0.1) is 12.8 Å². The first-order chi connectivity index (χ1) is 9.61. The number of benzene rings is 1. The predicted octanol–water partition coefficient (Wildman–Crippen LogP) is 1.92. The topological polar surface area (TPSA) is 58.8 Å². The molecule has 1 aliphatic heterocycles. The minimum absolute atomic E-state index is 0. The van der Waals surface area contributed by atoms with Crippen LogP contribution in [0.5, 0.6) is 5.75 Å². The molecule has 5 nitrogen and oxygen atoms in total. The minimum atomic E-state index is -0.0743. The van der Waals surface area contributed by atoms with Crippen LogP contribution >= 0.6 is 24.8 Å². The molecule has 0 aliphatic carbocycles. The van der Waals surface area contributed by atoms with Crippen LogP contribution in [-0.4, -0.2) is 50.1 Å². The van der Waals surface area contributed by atoms with Gasteiger partial charge in [-0.05, 0) is 19.1 Å². The summed E-state index contributed by atoms with van der Waals surface area (Å²) >= 11 is 0. The Labute approximate surface area is 144 Å². The molecule has 1 atom stereocenters. The van der Waals surface area contributed by atoms with Crippen molar-refractivity contribution in [3.8, 4) is 5.75 Å². The Hall–Kier alpha value is -1.17. The maximum atomic E-state index is 12.0. The van der Waals surface area contributed by atoms with E-state index in [9.17, 15) is 4.79 Å². The van der Waals surface area contributed by atoms with Crippen LogP contribution in [0.1, 0.15) is 13.3 Å². The van der Waals surface area contributed by atoms with E-state index < -0.39 is 0 Å². The average Bonchev–Trinajstić information content (AvgIpc) is 2.46. The van der Waals surface area contributed by atoms with Gasteiger partial charge in [-0.15, -0.1) is 24.8 Å². The van der Waals surface area contributed by atoms with E-state index in [0.29, 0.717) is 6.42 Å². The maximum absolute atomic E-state index is 12.0. The number of hydrogen-bond acceptors (Lipinski definition) is 4. The van der Waals surface area contributed by atoms with Crippen molar-refractivity contribution >= 4 is 36.4 Å². The molecule has 0 aromatic heterocycles. The molecule has 0 saturated carbocycles. The molecule has 1 heterocycles. The van der Waals surface area contributed by atoms with Crippen molar-refractivity contribution in [2.45, 2.75) is 19.4 Å². The molecule has 0 bridgehead atoms. The smallest absolute Gasteiger partial charge is 0.224 e. The highest BCUT2D eigenvalue weighted by molar-refractivity contribution is 5.85. The summed E-state index contributed by atoms with van der Waals surface area (Å²) in [5.41, 5.74) is 6.77. The fourth-order valence-corrected chi connectivity index (χ4v) is 2.49. The molecular formula is C15H25Cl2N3O2. The summed E-state index contributed by atoms with van der Waals surface area (Å²) in [6, 6.07) is 7.91. The second-order valence-electron chi connectivity index (χ2n) is 5.22. The number of hydrogen-bond donors (Lipinski definition) is 1. The molecule has 1 unspecified atom stereocenters. The zero-order valence-electron chi connectivity index (χ0n) is 13.0. The molecule has 1 aliphatic rings. The number of methoxy groups -OCH3 is 1. The minimum Gasteiger partial charge on any atom is -0.495 e. The number of piperazine rings is 1. The summed E-state index contributed by atoms with van der Waals surface area (Å²) in [6.45, 7) is 4.99. The molecule has 1 saturated heterocycles. The lowest BCUT2D eigenvalue weighted by Crippen LogP contribution is -2.49. The number of halogens is 2. The fraction of sp³-hybridized carbons (Fsp3) is 0.533. The van der Waals surface area contributed by atoms with Crippen molar-refractivity contribution < 1.29 is 9.53 Å². The van der Waals surface area contributed by atoms with Gasteiger partial charge >= 0.3 is 0 Å². The Bertz CT molecular complexity index is 464. The van der Waals surface area contributed by atoms with Crippen molar-refractivity contribution in [1.82, 2.24) is 4.90 Å². The van der Waals surface area contributed by atoms with Gasteiger partial charge in [-0.3, -0.25) is 4.79 Å². The Morgan fingerprint density at radius 3 is 2.36 bits per heavy atom. The van der Waals surface area contributed by atoms with E-state index in [0.717, 1.165) is 37.6 Å². The lowest BCUT2D eigenvalue weighted by molar-refractivity contribution is -0.131. The lowest BCUT2D eigenvalue weighted by Gasteiger charge is -2.36. The van der Waals surface area contributed by atoms with E-state index in [1.807, 2.05) is 30.0 Å². The molecule has 22 heavy (non-hydrogen) atoms. The third-order valence-corrected chi connectivity index (χ3v) is 3.55. The number of carbonyl (C=O) groups is 1. The second kappa shape index (κ2) is 9.77. The molecule has 0 spiro atoms. The number of anilines is 1. The van der Waals surface area contributed by atoms with Crippen LogP contribution in [-0.2, 0) is 4.79 Å². The third kappa shape index (κ3) is 5.23. The molecule has 7 heteroatoms. The Balaban J connectivity index is 0.00000220. The highest BCUT2D eigenvalue weighted by Gasteiger charge is 2.23. The van der Waals surface area contributed by atoms with Crippen LogP contribution in [0.4, 0.5) is 5.69 Å². The number of nitrogens with zero attached hydrogens (tertiary/aromatic N) is 2. The van der Waals surface area contributed by atoms with Crippen molar-refractivity contribution in [1.29, 1.82) is 0 Å². The van der Waals surface area contributed by atoms with E-state index in [1.54, 1.807) is 7.11 Å². The van der Waals surface area contributed by atoms with E-state index >= 15 is 0 Å². The normalized spacial score (nSPS) is 15.4. The Morgan fingerprint density at radius 1 is 1.23 bits per heavy atom. The van der Waals surface area contributed by atoms with Crippen LogP contribution in [0.25, 0.3) is 0 Å². The van der Waals surface area contributed by atoms with Crippen LogP contribution < -0.4 is 15.4 Å². The van der Waals surface area contributed by atoms with Gasteiger partial charge in [-0.2, -0.15) is 0 Å². The van der Waals surface area contributed by atoms with Gasteiger partial charge in [0.15, 0.2) is 0 Å². The van der Waals surface area contributed by atoms with Crippen molar-refractivity contribution in [2.24, 2.45) is 5.73 Å². The first-order valence-electron chi connectivity index (χ1n) is 7.03. The number of para-hydroxylation sites is 2. The quantitative estimate of drug-likeness (QED) is 0.902. The molecule has 1 aromatic carbocycles. The monoisotopic (exact) mass is 349 g/mol. The molecular weight excluding hydrogens is 325 g/mol. The summed E-state index contributed by atoms with van der Waals surface area (Å²) in [4.78, 5) is 16.1. The predicted molar refractivity (Wildman–Crippen MR) is 94.5 cm³/mol. The summed E-state index contributed by atoms with van der Waals surface area (Å²) in [5.74, 6) is 1.03. The van der Waals surface area contributed by atoms with Gasteiger partial charge in [0, 0.05) is 38.6 Å². The van der Waals surface area contributed by atoms with Crippen molar-refractivity contribution in [3.63, 3.8) is 0 Å². The standard InChI is InChI=1S/C15H23N3O2.2ClH/c1-12(16)11-15(19)18-9-7-17(8-10-18)13-5-3-4-6-14(13)20-2;;/h3-6,12H,7-11,16H2,1-2H3;2*1H. The first kappa shape index (κ1) is 20.8. The fourth-order valence-electron chi connectivity index (χ4n) is 2.49. The van der Waals surface area contributed by atoms with Gasteiger partial charge in [-0.25, -0.2) is 0 Å². The molecule has 0 radical (unpaired) electrons. The van der Waals surface area contributed by atoms with E-state index in [1.165, 1.54) is 0 Å². The molecule has 126 valence electrons. The number of amides is 1. The highest BCUT2D eigenvalue weighted by atomic mass is 35.5. The van der Waals surface area contributed by atoms with Gasteiger partial charge in [0.2, 0.25) is 5.91 Å². The highest BCUT2D eigenvalue weighted by Crippen LogP contribution is 2.28. The molecule has 1 fully saturated rings. The van der Waals surface area contributed by atoms with Gasteiger partial charge in [0.1, 0.15) is 5.75 Å². The van der Waals surface area contributed by atoms with Crippen molar-refractivity contribution in [2.75, 3.05) is 38.2 Å². The van der Waals surface area contributed by atoms with E-state index in [4.69, 9.17) is 10.5 Å². The lowest BCUT2D eigenvalue weighted by atomic mass is 10.2. The van der Waals surface area contributed by atoms with E-state index in [2.05, 4.69) is 11.0 Å². The summed E-state index contributed by atoms with van der Waals surface area (Å²) in [6.07, 6.45) is 0.425. The Kier molecular flexibility index (Phi) is 9.25. The van der Waals surface area contributed by atoms with E-state index in [-0.39, 0.29) is 36.8 Å². The van der Waals surface area contributed by atoms with Crippen LogP contribution in [0.2, 0.25) is 0 Å². The number of carbonyl (C=O) groups excluding carboxylic acids is 1. The molecule has 1 amide bonds. The largest absolute Gasteiger partial charge is 0.495 e. The van der Waals surface area contributed by atoms with Gasteiger partial charge in [0.25, 0.3) is 0 Å². The van der Waals surface area contributed by atoms with Crippen LogP contribution in [0.3, 0.4) is 0 Å². The van der Waals surface area contributed by atoms with Crippen LogP contribution in [0, 0.1) is 0 Å². The zero-order chi connectivity index (χ0) is 14.5. The van der Waals surface area contributed by atoms with Gasteiger partial charge < -0.3 is 20.3 Å². The SMILES string of the molecule is COc1ccccc1N1CCN(C(=O)CC(C)N)CC1.Cl.Cl. The first-order valence-corrected chi connectivity index (χ1v) is 7.03. The molecule has 2 rings (SSSR count). The molecule has 1 aromatic rings. The maximum Gasteiger partial charge on any atom is 0.224 e. The van der Waals surface area contributed by atoms with Gasteiger partial charge in [-0.1, -0.05) is 12.1 Å². The van der Waals surface area contributed by atoms with Crippen LogP contribution in [0.15, 0.2) is 24.3 Å². The summed E-state index contributed by atoms with van der Waals surface area (Å²) < 4.78 is 5.39. The molecule has 2 N–H and O–H groups in total. The average molecular weight is 350 g/mol. The number of rotatable bonds is 4. The number of ether oxygens (including phenoxy) is 1.